The molecule has 0 aliphatic carbocycles. The van der Waals surface area contributed by atoms with Crippen molar-refractivity contribution in [1.29, 1.82) is 5.26 Å². The summed E-state index contributed by atoms with van der Waals surface area (Å²) < 4.78 is 31.7. The van der Waals surface area contributed by atoms with Gasteiger partial charge in [-0.2, -0.15) is 18.4 Å². The molecule has 1 aromatic heterocycles. The van der Waals surface area contributed by atoms with E-state index in [2.05, 4.69) is 25.8 Å². The smallest absolute Gasteiger partial charge is 0.475 e. The predicted octanol–water partition coefficient (Wildman–Crippen LogP) is 3.65. The van der Waals surface area contributed by atoms with E-state index in [4.69, 9.17) is 15.2 Å². The number of carboxylic acids is 1. The molecule has 1 spiro atoms. The van der Waals surface area contributed by atoms with Crippen molar-refractivity contribution in [2.75, 3.05) is 24.5 Å². The summed E-state index contributed by atoms with van der Waals surface area (Å²) in [6.45, 7) is 2.64. The van der Waals surface area contributed by atoms with Gasteiger partial charge in [-0.15, -0.1) is 0 Å². The molecule has 4 rings (SSSR count). The maximum atomic E-state index is 13.2. The van der Waals surface area contributed by atoms with Crippen LogP contribution < -0.4 is 4.90 Å². The number of rotatable bonds is 2. The second-order valence-electron chi connectivity index (χ2n) is 8.18. The number of nitriles is 1. The molecule has 0 radical (unpaired) electrons. The Bertz CT molecular complexity index is 1040. The standard InChI is InChI=1S/C21H23N5O.C2HF3O2/c22-15-17-3-5-18(6-4-17)20(27)26-13-2-8-21(26)7-1-12-25(14-9-21)19-16-23-10-11-24-19;3-2(4,5)1(6)7/h3-6,10-11,16H,1-2,7-9,12-14H2;(H,6,7). The maximum absolute atomic E-state index is 13.2. The number of carbonyl (C=O) groups is 2. The quantitative estimate of drug-likeness (QED) is 0.706. The third kappa shape index (κ3) is 5.81. The molecule has 1 N–H and O–H groups in total. The van der Waals surface area contributed by atoms with Gasteiger partial charge in [-0.25, -0.2) is 9.78 Å². The Labute approximate surface area is 194 Å². The first-order chi connectivity index (χ1) is 16.2. The fraction of sp³-hybridized carbons (Fsp3) is 0.435. The lowest BCUT2D eigenvalue weighted by Crippen LogP contribution is -2.48. The van der Waals surface area contributed by atoms with Crippen LogP contribution in [0.3, 0.4) is 0 Å². The molecule has 8 nitrogen and oxygen atoms in total. The molecule has 34 heavy (non-hydrogen) atoms. The Morgan fingerprint density at radius 2 is 1.68 bits per heavy atom. The van der Waals surface area contributed by atoms with Crippen LogP contribution in [0.4, 0.5) is 19.0 Å². The van der Waals surface area contributed by atoms with Crippen LogP contribution in [0.5, 0.6) is 0 Å². The highest BCUT2D eigenvalue weighted by atomic mass is 19.4. The first-order valence-electron chi connectivity index (χ1n) is 10.8. The topological polar surface area (TPSA) is 110 Å². The summed E-state index contributed by atoms with van der Waals surface area (Å²) in [6, 6.07) is 9.10. The monoisotopic (exact) mass is 475 g/mol. The molecule has 2 aromatic rings. The normalized spacial score (nSPS) is 20.2. The zero-order chi connectivity index (χ0) is 24.8. The van der Waals surface area contributed by atoms with E-state index >= 15 is 0 Å². The first-order valence-corrected chi connectivity index (χ1v) is 10.8. The number of benzene rings is 1. The van der Waals surface area contributed by atoms with Crippen LogP contribution >= 0.6 is 0 Å². The third-order valence-corrected chi connectivity index (χ3v) is 6.14. The second kappa shape index (κ2) is 10.5. The summed E-state index contributed by atoms with van der Waals surface area (Å²) >= 11 is 0. The molecule has 180 valence electrons. The average molecular weight is 475 g/mol. The van der Waals surface area contributed by atoms with Crippen molar-refractivity contribution >= 4 is 17.7 Å². The van der Waals surface area contributed by atoms with Crippen molar-refractivity contribution in [3.05, 3.63) is 54.0 Å². The number of nitrogens with zero attached hydrogens (tertiary/aromatic N) is 5. The molecule has 0 saturated carbocycles. The molecule has 1 aromatic carbocycles. The number of aromatic nitrogens is 2. The summed E-state index contributed by atoms with van der Waals surface area (Å²) in [7, 11) is 0. The van der Waals surface area contributed by atoms with Crippen LogP contribution in [-0.2, 0) is 4.79 Å². The minimum atomic E-state index is -5.08. The average Bonchev–Trinajstić information content (AvgIpc) is 3.12. The van der Waals surface area contributed by atoms with E-state index < -0.39 is 12.1 Å². The van der Waals surface area contributed by atoms with Gasteiger partial charge in [-0.3, -0.25) is 9.78 Å². The number of aliphatic carboxylic acids is 1. The van der Waals surface area contributed by atoms with E-state index in [0.717, 1.165) is 57.6 Å². The minimum absolute atomic E-state index is 0.0675. The summed E-state index contributed by atoms with van der Waals surface area (Å²) in [5, 5.41) is 16.1. The van der Waals surface area contributed by atoms with Crippen LogP contribution in [0, 0.1) is 11.3 Å². The Morgan fingerprint density at radius 3 is 2.24 bits per heavy atom. The molecule has 0 bridgehead atoms. The lowest BCUT2D eigenvalue weighted by molar-refractivity contribution is -0.192. The summed E-state index contributed by atoms with van der Waals surface area (Å²) in [4.78, 5) is 35.1. The molecule has 1 unspecified atom stereocenters. The van der Waals surface area contributed by atoms with Crippen LogP contribution in [0.1, 0.15) is 48.0 Å². The number of hydrogen-bond donors (Lipinski definition) is 1. The van der Waals surface area contributed by atoms with E-state index in [9.17, 15) is 18.0 Å². The predicted molar refractivity (Wildman–Crippen MR) is 116 cm³/mol. The molecule has 3 heterocycles. The lowest BCUT2D eigenvalue weighted by Gasteiger charge is -2.38. The molecule has 2 saturated heterocycles. The van der Waals surface area contributed by atoms with E-state index in [1.165, 1.54) is 0 Å². The number of carboxylic acid groups (broad SMARTS) is 1. The van der Waals surface area contributed by atoms with Gasteiger partial charge in [0.15, 0.2) is 0 Å². The van der Waals surface area contributed by atoms with E-state index in [1.807, 2.05) is 6.20 Å². The zero-order valence-electron chi connectivity index (χ0n) is 18.3. The third-order valence-electron chi connectivity index (χ3n) is 6.14. The van der Waals surface area contributed by atoms with Crippen LogP contribution in [-0.4, -0.2) is 63.2 Å². The van der Waals surface area contributed by atoms with Gasteiger partial charge in [-0.05, 0) is 56.4 Å². The van der Waals surface area contributed by atoms with Crippen molar-refractivity contribution in [2.45, 2.75) is 43.8 Å². The van der Waals surface area contributed by atoms with Crippen molar-refractivity contribution in [2.24, 2.45) is 0 Å². The van der Waals surface area contributed by atoms with Gasteiger partial charge in [-0.1, -0.05) is 0 Å². The van der Waals surface area contributed by atoms with E-state index in [1.54, 1.807) is 36.7 Å². The van der Waals surface area contributed by atoms with E-state index in [-0.39, 0.29) is 11.4 Å². The Hall–Kier alpha value is -3.68. The molecule has 1 amide bonds. The molecule has 11 heteroatoms. The van der Waals surface area contributed by atoms with Gasteiger partial charge in [0.05, 0.1) is 17.8 Å². The van der Waals surface area contributed by atoms with Gasteiger partial charge in [0.25, 0.3) is 5.91 Å². The summed E-state index contributed by atoms with van der Waals surface area (Å²) in [5.74, 6) is -1.75. The molecule has 2 aliphatic rings. The van der Waals surface area contributed by atoms with Crippen LogP contribution in [0.2, 0.25) is 0 Å². The maximum Gasteiger partial charge on any atom is 0.490 e. The molecular formula is C23H24F3N5O3. The highest BCUT2D eigenvalue weighted by molar-refractivity contribution is 5.95. The zero-order valence-corrected chi connectivity index (χ0v) is 18.3. The number of amides is 1. The SMILES string of the molecule is N#Cc1ccc(C(=O)N2CCCC23CCCN(c2cnccn2)CC3)cc1.O=C(O)C(F)(F)F. The Morgan fingerprint density at radius 1 is 1.03 bits per heavy atom. The number of carbonyl (C=O) groups excluding carboxylic acids is 1. The second-order valence-corrected chi connectivity index (χ2v) is 8.18. The van der Waals surface area contributed by atoms with Gasteiger partial charge in [0, 0.05) is 43.1 Å². The fourth-order valence-electron chi connectivity index (χ4n) is 4.48. The van der Waals surface area contributed by atoms with Gasteiger partial charge in [0.2, 0.25) is 0 Å². The lowest BCUT2D eigenvalue weighted by atomic mass is 9.87. The molecular weight excluding hydrogens is 451 g/mol. The highest BCUT2D eigenvalue weighted by Crippen LogP contribution is 2.39. The van der Waals surface area contributed by atoms with Gasteiger partial charge >= 0.3 is 12.1 Å². The molecule has 2 aliphatic heterocycles. The molecule has 2 fully saturated rings. The Kier molecular flexibility index (Phi) is 7.71. The number of alkyl halides is 3. The van der Waals surface area contributed by atoms with Crippen molar-refractivity contribution in [3.8, 4) is 6.07 Å². The number of halogens is 3. The van der Waals surface area contributed by atoms with Gasteiger partial charge in [0.1, 0.15) is 5.82 Å². The minimum Gasteiger partial charge on any atom is -0.475 e. The summed E-state index contributed by atoms with van der Waals surface area (Å²) in [6.07, 6.45) is 5.26. The Balaban J connectivity index is 0.000000406. The number of anilines is 1. The largest absolute Gasteiger partial charge is 0.490 e. The van der Waals surface area contributed by atoms with E-state index in [0.29, 0.717) is 11.1 Å². The number of likely N-dealkylation sites (tertiary alicyclic amines) is 1. The van der Waals surface area contributed by atoms with Crippen molar-refractivity contribution in [3.63, 3.8) is 0 Å². The van der Waals surface area contributed by atoms with Crippen LogP contribution in [0.15, 0.2) is 42.9 Å². The van der Waals surface area contributed by atoms with Crippen molar-refractivity contribution < 1.29 is 27.9 Å². The van der Waals surface area contributed by atoms with Crippen LogP contribution in [0.25, 0.3) is 0 Å². The van der Waals surface area contributed by atoms with Crippen molar-refractivity contribution in [1.82, 2.24) is 14.9 Å². The highest BCUT2D eigenvalue weighted by Gasteiger charge is 2.44. The molecule has 1 atom stereocenters. The van der Waals surface area contributed by atoms with Gasteiger partial charge < -0.3 is 14.9 Å². The fourth-order valence-corrected chi connectivity index (χ4v) is 4.48. The first kappa shape index (κ1) is 25.0. The summed E-state index contributed by atoms with van der Waals surface area (Å²) in [5.41, 5.74) is 1.18. The number of hydrogen-bond acceptors (Lipinski definition) is 6.